The van der Waals surface area contributed by atoms with E-state index in [1.807, 2.05) is 0 Å². The van der Waals surface area contributed by atoms with Gasteiger partial charge in [0.05, 0.1) is 6.61 Å². The lowest BCUT2D eigenvalue weighted by Gasteiger charge is -2.25. The van der Waals surface area contributed by atoms with Crippen LogP contribution in [0, 0.1) is 0 Å². The Morgan fingerprint density at radius 2 is 0.980 bits per heavy atom. The molecule has 1 aliphatic rings. The number of aliphatic hydroxyl groups is 2. The lowest BCUT2D eigenvalue weighted by molar-refractivity contribution is -0.170. The lowest BCUT2D eigenvalue weighted by atomic mass is 10.1. The van der Waals surface area contributed by atoms with E-state index >= 15 is 0 Å². The Labute approximate surface area is 301 Å². The maximum atomic E-state index is 12.6. The molecule has 7 heteroatoms. The number of allylic oxidation sites excluding steroid dienone is 4. The van der Waals surface area contributed by atoms with Gasteiger partial charge in [-0.15, -0.1) is 0 Å². The van der Waals surface area contributed by atoms with Gasteiger partial charge in [0.1, 0.15) is 24.9 Å². The summed E-state index contributed by atoms with van der Waals surface area (Å²) in [6.45, 7) is 4.28. The summed E-state index contributed by atoms with van der Waals surface area (Å²) < 4.78 is 16.6. The molecule has 286 valence electrons. The van der Waals surface area contributed by atoms with Gasteiger partial charge in [-0.1, -0.05) is 141 Å². The number of esters is 2. The fourth-order valence-corrected chi connectivity index (χ4v) is 6.30. The fourth-order valence-electron chi connectivity index (χ4n) is 6.30. The third-order valence-electron chi connectivity index (χ3n) is 9.53. The highest BCUT2D eigenvalue weighted by atomic mass is 16.6. The first-order chi connectivity index (χ1) is 24.0. The van der Waals surface area contributed by atoms with Gasteiger partial charge < -0.3 is 24.4 Å². The molecule has 1 saturated heterocycles. The molecule has 0 bridgehead atoms. The third-order valence-corrected chi connectivity index (χ3v) is 9.53. The standard InChI is InChI=1S/C42H76O7/c1-3-5-7-9-11-13-15-17-19-21-23-25-27-29-31-33-39(44)47-36-38(42-41(46)37(43)35-48-42)49-40(45)34-32-30-28-26-24-22-20-18-16-14-12-10-8-6-4-2/h17-20,37-38,41-43,46H,3-16,21-36H2,1-2H3/b19-17-,20-18-/t37-,38?,41+,42+/m0/s1. The highest BCUT2D eigenvalue weighted by molar-refractivity contribution is 5.70. The van der Waals surface area contributed by atoms with Crippen LogP contribution in [-0.4, -0.2) is 59.8 Å². The van der Waals surface area contributed by atoms with Crippen molar-refractivity contribution in [3.8, 4) is 0 Å². The summed E-state index contributed by atoms with van der Waals surface area (Å²) in [6.07, 6.45) is 36.7. The number of aliphatic hydroxyl groups excluding tert-OH is 2. The minimum absolute atomic E-state index is 0.0447. The maximum Gasteiger partial charge on any atom is 0.306 e. The average molecular weight is 693 g/mol. The van der Waals surface area contributed by atoms with Crippen molar-refractivity contribution in [1.82, 2.24) is 0 Å². The molecule has 0 amide bonds. The monoisotopic (exact) mass is 693 g/mol. The molecule has 1 rings (SSSR count). The number of rotatable bonds is 34. The van der Waals surface area contributed by atoms with Crippen LogP contribution in [0.2, 0.25) is 0 Å². The molecule has 49 heavy (non-hydrogen) atoms. The van der Waals surface area contributed by atoms with E-state index in [-0.39, 0.29) is 25.6 Å². The van der Waals surface area contributed by atoms with Gasteiger partial charge in [-0.3, -0.25) is 9.59 Å². The summed E-state index contributed by atoms with van der Waals surface area (Å²) in [6, 6.07) is 0. The summed E-state index contributed by atoms with van der Waals surface area (Å²) in [7, 11) is 0. The number of unbranched alkanes of at least 4 members (excludes halogenated alkanes) is 22. The van der Waals surface area contributed by atoms with Gasteiger partial charge in [-0.05, 0) is 64.2 Å². The Bertz CT molecular complexity index is 826. The third kappa shape index (κ3) is 26.7. The van der Waals surface area contributed by atoms with E-state index in [4.69, 9.17) is 14.2 Å². The Hall–Kier alpha value is -1.70. The van der Waals surface area contributed by atoms with Gasteiger partial charge in [0.15, 0.2) is 6.10 Å². The predicted molar refractivity (Wildman–Crippen MR) is 201 cm³/mol. The van der Waals surface area contributed by atoms with Gasteiger partial charge in [-0.2, -0.15) is 0 Å². The van der Waals surface area contributed by atoms with Crippen molar-refractivity contribution in [3.63, 3.8) is 0 Å². The van der Waals surface area contributed by atoms with E-state index in [1.165, 1.54) is 103 Å². The Kier molecular flexibility index (Phi) is 30.9. The molecule has 4 atom stereocenters. The molecule has 1 fully saturated rings. The van der Waals surface area contributed by atoms with Crippen LogP contribution in [0.1, 0.15) is 194 Å². The zero-order valence-electron chi connectivity index (χ0n) is 31.8. The molecule has 1 aliphatic heterocycles. The second-order valence-corrected chi connectivity index (χ2v) is 14.2. The zero-order valence-corrected chi connectivity index (χ0v) is 31.8. The molecular formula is C42H76O7. The smallest absolute Gasteiger partial charge is 0.306 e. The van der Waals surface area contributed by atoms with Crippen LogP contribution in [0.3, 0.4) is 0 Å². The fraction of sp³-hybridized carbons (Fsp3) is 0.857. The SMILES string of the molecule is CCCCCCCC/C=C\CCCCCCCC(=O)OCC(OC(=O)CCCCCCC/C=C\CCCCCCCC)[C@H]1OC[C@H](O)[C@H]1O. The van der Waals surface area contributed by atoms with Crippen molar-refractivity contribution in [1.29, 1.82) is 0 Å². The molecule has 0 aliphatic carbocycles. The van der Waals surface area contributed by atoms with Crippen LogP contribution in [-0.2, 0) is 23.8 Å². The first kappa shape index (κ1) is 45.3. The molecule has 7 nitrogen and oxygen atoms in total. The molecule has 0 radical (unpaired) electrons. The largest absolute Gasteiger partial charge is 0.462 e. The van der Waals surface area contributed by atoms with Gasteiger partial charge in [0.2, 0.25) is 0 Å². The maximum absolute atomic E-state index is 12.6. The van der Waals surface area contributed by atoms with Crippen molar-refractivity contribution in [3.05, 3.63) is 24.3 Å². The molecule has 2 N–H and O–H groups in total. The summed E-state index contributed by atoms with van der Waals surface area (Å²) in [4.78, 5) is 25.1. The normalized spacial score (nSPS) is 18.5. The molecule has 0 aromatic rings. The van der Waals surface area contributed by atoms with Crippen molar-refractivity contribution in [2.75, 3.05) is 13.2 Å². The molecule has 1 unspecified atom stereocenters. The number of carbonyl (C=O) groups excluding carboxylic acids is 2. The van der Waals surface area contributed by atoms with Crippen molar-refractivity contribution < 1.29 is 34.0 Å². The van der Waals surface area contributed by atoms with E-state index in [0.717, 1.165) is 64.2 Å². The lowest BCUT2D eigenvalue weighted by Crippen LogP contribution is -2.44. The average Bonchev–Trinajstić information content (AvgIpc) is 3.43. The summed E-state index contributed by atoms with van der Waals surface area (Å²) in [5.74, 6) is -0.739. The number of carbonyl (C=O) groups is 2. The summed E-state index contributed by atoms with van der Waals surface area (Å²) >= 11 is 0. The minimum Gasteiger partial charge on any atom is -0.462 e. The van der Waals surface area contributed by atoms with Crippen LogP contribution in [0.25, 0.3) is 0 Å². The zero-order chi connectivity index (χ0) is 35.6. The number of hydrogen-bond acceptors (Lipinski definition) is 7. The number of hydrogen-bond donors (Lipinski definition) is 2. The van der Waals surface area contributed by atoms with Crippen LogP contribution < -0.4 is 0 Å². The first-order valence-electron chi connectivity index (χ1n) is 20.6. The molecule has 0 aromatic heterocycles. The van der Waals surface area contributed by atoms with Gasteiger partial charge in [0, 0.05) is 12.8 Å². The summed E-state index contributed by atoms with van der Waals surface area (Å²) in [5.41, 5.74) is 0. The van der Waals surface area contributed by atoms with Crippen LogP contribution >= 0.6 is 0 Å². The molecule has 0 spiro atoms. The van der Waals surface area contributed by atoms with Crippen LogP contribution in [0.15, 0.2) is 24.3 Å². The Balaban J connectivity index is 2.15. The quantitative estimate of drug-likeness (QED) is 0.0393. The van der Waals surface area contributed by atoms with Crippen molar-refractivity contribution in [2.45, 2.75) is 218 Å². The molecule has 1 heterocycles. The minimum atomic E-state index is -1.19. The molecular weight excluding hydrogens is 616 g/mol. The molecule has 0 aromatic carbocycles. The van der Waals surface area contributed by atoms with E-state index in [9.17, 15) is 19.8 Å². The Morgan fingerprint density at radius 3 is 1.39 bits per heavy atom. The Morgan fingerprint density at radius 1 is 0.592 bits per heavy atom. The van der Waals surface area contributed by atoms with E-state index in [1.54, 1.807) is 0 Å². The second kappa shape index (κ2) is 33.4. The van der Waals surface area contributed by atoms with Crippen LogP contribution in [0.5, 0.6) is 0 Å². The van der Waals surface area contributed by atoms with Gasteiger partial charge >= 0.3 is 11.9 Å². The van der Waals surface area contributed by atoms with Gasteiger partial charge in [-0.25, -0.2) is 0 Å². The predicted octanol–water partition coefficient (Wildman–Crippen LogP) is 10.6. The van der Waals surface area contributed by atoms with E-state index in [2.05, 4.69) is 38.2 Å². The molecule has 0 saturated carbocycles. The second-order valence-electron chi connectivity index (χ2n) is 14.2. The van der Waals surface area contributed by atoms with Crippen LogP contribution in [0.4, 0.5) is 0 Å². The first-order valence-corrected chi connectivity index (χ1v) is 20.6. The summed E-state index contributed by atoms with van der Waals surface area (Å²) in [5, 5.41) is 20.3. The van der Waals surface area contributed by atoms with Crippen molar-refractivity contribution in [2.24, 2.45) is 0 Å². The van der Waals surface area contributed by atoms with E-state index in [0.29, 0.717) is 6.42 Å². The topological polar surface area (TPSA) is 102 Å². The van der Waals surface area contributed by atoms with E-state index < -0.39 is 30.4 Å². The highest BCUT2D eigenvalue weighted by Crippen LogP contribution is 2.21. The van der Waals surface area contributed by atoms with Gasteiger partial charge in [0.25, 0.3) is 0 Å². The number of ether oxygens (including phenoxy) is 3. The van der Waals surface area contributed by atoms with Crippen molar-refractivity contribution >= 4 is 11.9 Å². The highest BCUT2D eigenvalue weighted by Gasteiger charge is 2.42.